The topological polar surface area (TPSA) is 48.1 Å². The highest BCUT2D eigenvalue weighted by Crippen LogP contribution is 2.34. The van der Waals surface area contributed by atoms with Gasteiger partial charge in [0.1, 0.15) is 17.8 Å². The highest BCUT2D eigenvalue weighted by Gasteiger charge is 2.39. The molecule has 18 heavy (non-hydrogen) atoms. The number of hydrogen-bond acceptors (Lipinski definition) is 4. The lowest BCUT2D eigenvalue weighted by Gasteiger charge is -2.20. The van der Waals surface area contributed by atoms with Crippen molar-refractivity contribution in [2.75, 3.05) is 38.1 Å². The maximum absolute atomic E-state index is 4.49. The van der Waals surface area contributed by atoms with Crippen molar-refractivity contribution in [2.24, 2.45) is 11.8 Å². The first kappa shape index (κ1) is 10.3. The number of H-pyrrole nitrogens is 1. The van der Waals surface area contributed by atoms with Crippen LogP contribution in [0.3, 0.4) is 0 Å². The highest BCUT2D eigenvalue weighted by molar-refractivity contribution is 5.87. The molecule has 2 saturated heterocycles. The molecule has 0 radical (unpaired) electrons. The molecule has 4 heterocycles. The lowest BCUT2D eigenvalue weighted by Crippen LogP contribution is -2.27. The van der Waals surface area contributed by atoms with Crippen LogP contribution >= 0.6 is 0 Å². The van der Waals surface area contributed by atoms with Gasteiger partial charge in [-0.05, 0) is 24.9 Å². The number of likely N-dealkylation sites (tertiary alicyclic amines) is 1. The Labute approximate surface area is 106 Å². The van der Waals surface area contributed by atoms with E-state index in [1.165, 1.54) is 13.1 Å². The second-order valence-corrected chi connectivity index (χ2v) is 5.58. The van der Waals surface area contributed by atoms with Gasteiger partial charge in [-0.25, -0.2) is 9.97 Å². The second kappa shape index (κ2) is 3.68. The number of hydrogen-bond donors (Lipinski definition) is 1. The summed E-state index contributed by atoms with van der Waals surface area (Å²) in [5, 5.41) is 1.14. The van der Waals surface area contributed by atoms with Gasteiger partial charge in [0.25, 0.3) is 0 Å². The molecule has 0 spiro atoms. The summed E-state index contributed by atoms with van der Waals surface area (Å²) in [4.78, 5) is 16.8. The van der Waals surface area contributed by atoms with Crippen LogP contribution in [0.1, 0.15) is 0 Å². The molecule has 2 aliphatic rings. The van der Waals surface area contributed by atoms with E-state index in [2.05, 4.69) is 37.9 Å². The fourth-order valence-electron chi connectivity index (χ4n) is 3.51. The molecule has 5 nitrogen and oxygen atoms in total. The molecule has 2 aromatic heterocycles. The van der Waals surface area contributed by atoms with E-state index < -0.39 is 0 Å². The zero-order valence-corrected chi connectivity index (χ0v) is 10.5. The Morgan fingerprint density at radius 2 is 1.94 bits per heavy atom. The van der Waals surface area contributed by atoms with Gasteiger partial charge in [0.05, 0.1) is 5.39 Å². The summed E-state index contributed by atoms with van der Waals surface area (Å²) in [5.74, 6) is 2.70. The van der Waals surface area contributed by atoms with Gasteiger partial charge in [0.2, 0.25) is 0 Å². The number of nitrogens with zero attached hydrogens (tertiary/aromatic N) is 4. The third-order valence-corrected chi connectivity index (χ3v) is 4.30. The van der Waals surface area contributed by atoms with Gasteiger partial charge >= 0.3 is 0 Å². The molecule has 5 heteroatoms. The minimum atomic E-state index is 0.805. The van der Waals surface area contributed by atoms with Crippen LogP contribution in [0.25, 0.3) is 11.0 Å². The molecule has 0 amide bonds. The smallest absolute Gasteiger partial charge is 0.142 e. The molecule has 0 unspecified atom stereocenters. The van der Waals surface area contributed by atoms with Gasteiger partial charge in [0, 0.05) is 32.4 Å². The SMILES string of the molecule is CN1C[C@@H]2CN(c3ncnc4[nH]ccc34)C[C@@H]2C1. The molecule has 2 aliphatic heterocycles. The van der Waals surface area contributed by atoms with Gasteiger partial charge in [0.15, 0.2) is 0 Å². The van der Waals surface area contributed by atoms with Crippen molar-refractivity contribution in [3.05, 3.63) is 18.6 Å². The van der Waals surface area contributed by atoms with Crippen LogP contribution in [0.2, 0.25) is 0 Å². The van der Waals surface area contributed by atoms with Gasteiger partial charge in [-0.15, -0.1) is 0 Å². The molecular formula is C13H17N5. The van der Waals surface area contributed by atoms with Crippen molar-refractivity contribution in [3.8, 4) is 0 Å². The highest BCUT2D eigenvalue weighted by atomic mass is 15.3. The Bertz CT molecular complexity index is 564. The number of rotatable bonds is 1. The summed E-state index contributed by atoms with van der Waals surface area (Å²) < 4.78 is 0. The Hall–Kier alpha value is -1.62. The maximum atomic E-state index is 4.49. The van der Waals surface area contributed by atoms with Crippen LogP contribution in [0, 0.1) is 11.8 Å². The first-order chi connectivity index (χ1) is 8.81. The van der Waals surface area contributed by atoms with Crippen molar-refractivity contribution >= 4 is 16.9 Å². The Morgan fingerprint density at radius 1 is 1.17 bits per heavy atom. The fraction of sp³-hybridized carbons (Fsp3) is 0.538. The number of aromatic nitrogens is 3. The van der Waals surface area contributed by atoms with E-state index in [1.54, 1.807) is 6.33 Å². The first-order valence-electron chi connectivity index (χ1n) is 6.53. The van der Waals surface area contributed by atoms with Crippen molar-refractivity contribution in [3.63, 3.8) is 0 Å². The lowest BCUT2D eigenvalue weighted by molar-refractivity contribution is 0.387. The predicted molar refractivity (Wildman–Crippen MR) is 70.6 cm³/mol. The molecule has 0 aliphatic carbocycles. The second-order valence-electron chi connectivity index (χ2n) is 5.58. The van der Waals surface area contributed by atoms with Crippen LogP contribution in [-0.2, 0) is 0 Å². The maximum Gasteiger partial charge on any atom is 0.142 e. The van der Waals surface area contributed by atoms with Crippen molar-refractivity contribution in [2.45, 2.75) is 0 Å². The Balaban J connectivity index is 1.67. The largest absolute Gasteiger partial charge is 0.355 e. The van der Waals surface area contributed by atoms with Crippen LogP contribution in [0.15, 0.2) is 18.6 Å². The van der Waals surface area contributed by atoms with E-state index in [-0.39, 0.29) is 0 Å². The summed E-state index contributed by atoms with van der Waals surface area (Å²) in [6.45, 7) is 4.71. The fourth-order valence-corrected chi connectivity index (χ4v) is 3.51. The van der Waals surface area contributed by atoms with Gasteiger partial charge in [-0.3, -0.25) is 0 Å². The molecule has 0 saturated carbocycles. The van der Waals surface area contributed by atoms with Gasteiger partial charge in [-0.2, -0.15) is 0 Å². The molecule has 1 N–H and O–H groups in total. The average Bonchev–Trinajstić information content (AvgIpc) is 3.00. The molecule has 0 bridgehead atoms. The molecular weight excluding hydrogens is 226 g/mol. The summed E-state index contributed by atoms with van der Waals surface area (Å²) in [5.41, 5.74) is 0.939. The van der Waals surface area contributed by atoms with Crippen LogP contribution in [-0.4, -0.2) is 53.1 Å². The molecule has 2 fully saturated rings. The summed E-state index contributed by atoms with van der Waals surface area (Å²) in [6.07, 6.45) is 3.60. The third kappa shape index (κ3) is 1.43. The Kier molecular flexibility index (Phi) is 2.11. The number of fused-ring (bicyclic) bond motifs is 2. The quantitative estimate of drug-likeness (QED) is 0.810. The standard InChI is InChI=1S/C13H17N5/c1-17-4-9-6-18(7-10(9)5-17)13-11-2-3-14-12(11)15-8-16-13/h2-3,8-10H,4-7H2,1H3,(H,14,15,16)/t9-,10+. The molecule has 4 rings (SSSR count). The van der Waals surface area contributed by atoms with E-state index in [4.69, 9.17) is 0 Å². The average molecular weight is 243 g/mol. The van der Waals surface area contributed by atoms with Crippen molar-refractivity contribution in [1.82, 2.24) is 19.9 Å². The van der Waals surface area contributed by atoms with E-state index in [0.717, 1.165) is 41.8 Å². The lowest BCUT2D eigenvalue weighted by atomic mass is 10.0. The monoisotopic (exact) mass is 243 g/mol. The summed E-state index contributed by atoms with van der Waals surface area (Å²) >= 11 is 0. The summed E-state index contributed by atoms with van der Waals surface area (Å²) in [7, 11) is 2.22. The number of aromatic amines is 1. The molecule has 2 atom stereocenters. The van der Waals surface area contributed by atoms with Crippen LogP contribution < -0.4 is 4.90 Å². The molecule has 94 valence electrons. The number of nitrogens with one attached hydrogen (secondary N) is 1. The first-order valence-corrected chi connectivity index (χ1v) is 6.53. The Morgan fingerprint density at radius 3 is 2.72 bits per heavy atom. The zero-order chi connectivity index (χ0) is 12.1. The van der Waals surface area contributed by atoms with Gasteiger partial charge < -0.3 is 14.8 Å². The molecule has 0 aromatic carbocycles. The third-order valence-electron chi connectivity index (χ3n) is 4.30. The zero-order valence-electron chi connectivity index (χ0n) is 10.5. The minimum absolute atomic E-state index is 0.805. The van der Waals surface area contributed by atoms with Gasteiger partial charge in [-0.1, -0.05) is 0 Å². The van der Waals surface area contributed by atoms with Crippen LogP contribution in [0.4, 0.5) is 5.82 Å². The van der Waals surface area contributed by atoms with E-state index in [0.29, 0.717) is 0 Å². The number of anilines is 1. The van der Waals surface area contributed by atoms with E-state index >= 15 is 0 Å². The predicted octanol–water partition coefficient (Wildman–Crippen LogP) is 0.956. The van der Waals surface area contributed by atoms with E-state index in [9.17, 15) is 0 Å². The normalized spacial score (nSPS) is 28.2. The van der Waals surface area contributed by atoms with Crippen LogP contribution in [0.5, 0.6) is 0 Å². The van der Waals surface area contributed by atoms with Crippen molar-refractivity contribution < 1.29 is 0 Å². The summed E-state index contributed by atoms with van der Waals surface area (Å²) in [6, 6.07) is 2.07. The molecule has 2 aromatic rings. The van der Waals surface area contributed by atoms with E-state index in [1.807, 2.05) is 6.20 Å². The van der Waals surface area contributed by atoms with Crippen molar-refractivity contribution in [1.29, 1.82) is 0 Å². The minimum Gasteiger partial charge on any atom is -0.355 e.